The largest absolute Gasteiger partial charge is 0.308 e. The third-order valence-electron chi connectivity index (χ3n) is 6.62. The number of likely N-dealkylation sites (N-methyl/N-ethyl adjacent to an activating group) is 1. The van der Waals surface area contributed by atoms with Crippen molar-refractivity contribution in [3.63, 3.8) is 0 Å². The first kappa shape index (κ1) is 25.8. The molecule has 0 atom stereocenters. The van der Waals surface area contributed by atoms with Crippen molar-refractivity contribution in [3.05, 3.63) is 53.1 Å². The summed E-state index contributed by atoms with van der Waals surface area (Å²) in [6, 6.07) is 10.5. The van der Waals surface area contributed by atoms with E-state index in [1.165, 1.54) is 16.9 Å². The van der Waals surface area contributed by atoms with Gasteiger partial charge in [0.15, 0.2) is 5.13 Å². The number of sulfonamides is 1. The minimum absolute atomic E-state index is 0.181. The number of aromatic nitrogens is 1. The number of aryl methyl sites for hydroxylation is 2. The van der Waals surface area contributed by atoms with Crippen LogP contribution in [0.3, 0.4) is 0 Å². The summed E-state index contributed by atoms with van der Waals surface area (Å²) in [5.74, 6) is -0.181. The average Bonchev–Trinajstić information content (AvgIpc) is 3.07. The number of nitrogens with zero attached hydrogens (tertiary/aromatic N) is 4. The number of anilines is 1. The van der Waals surface area contributed by atoms with Crippen molar-refractivity contribution in [1.29, 1.82) is 0 Å². The number of carbonyl (C=O) groups is 1. The second-order valence-electron chi connectivity index (χ2n) is 9.45. The number of amides is 1. The van der Waals surface area contributed by atoms with Gasteiger partial charge in [0.25, 0.3) is 5.91 Å². The lowest BCUT2D eigenvalue weighted by Crippen LogP contribution is -2.36. The van der Waals surface area contributed by atoms with E-state index in [1.807, 2.05) is 19.0 Å². The first-order valence-corrected chi connectivity index (χ1v) is 14.4. The van der Waals surface area contributed by atoms with Gasteiger partial charge in [-0.1, -0.05) is 30.2 Å². The van der Waals surface area contributed by atoms with Crippen LogP contribution < -0.4 is 4.90 Å². The van der Waals surface area contributed by atoms with Crippen molar-refractivity contribution in [2.24, 2.45) is 0 Å². The third kappa shape index (κ3) is 5.58. The number of rotatable bonds is 7. The van der Waals surface area contributed by atoms with Gasteiger partial charge in [0.05, 0.1) is 15.1 Å². The van der Waals surface area contributed by atoms with Crippen molar-refractivity contribution in [3.8, 4) is 0 Å². The summed E-state index contributed by atoms with van der Waals surface area (Å²) >= 11 is 1.50. The Labute approximate surface area is 212 Å². The molecule has 2 heterocycles. The van der Waals surface area contributed by atoms with Crippen LogP contribution in [-0.2, 0) is 10.0 Å². The van der Waals surface area contributed by atoms with Gasteiger partial charge in [-0.25, -0.2) is 13.4 Å². The smallest absolute Gasteiger partial charge is 0.260 e. The van der Waals surface area contributed by atoms with E-state index < -0.39 is 10.0 Å². The Morgan fingerprint density at radius 3 is 2.26 bits per heavy atom. The molecule has 35 heavy (non-hydrogen) atoms. The molecule has 1 aromatic heterocycles. The molecule has 188 valence electrons. The van der Waals surface area contributed by atoms with Crippen LogP contribution in [0.2, 0.25) is 0 Å². The Kier molecular flexibility index (Phi) is 7.90. The highest BCUT2D eigenvalue weighted by Gasteiger charge is 2.27. The summed E-state index contributed by atoms with van der Waals surface area (Å²) < 4.78 is 28.9. The third-order valence-corrected chi connectivity index (χ3v) is 9.58. The fourth-order valence-corrected chi connectivity index (χ4v) is 6.84. The van der Waals surface area contributed by atoms with Gasteiger partial charge in [-0.2, -0.15) is 4.31 Å². The maximum absolute atomic E-state index is 13.6. The Morgan fingerprint density at radius 1 is 0.971 bits per heavy atom. The molecule has 1 saturated heterocycles. The maximum atomic E-state index is 13.6. The fraction of sp³-hybridized carbons (Fsp3) is 0.462. The predicted molar refractivity (Wildman–Crippen MR) is 143 cm³/mol. The first-order chi connectivity index (χ1) is 16.7. The van der Waals surface area contributed by atoms with Gasteiger partial charge in [0.2, 0.25) is 10.0 Å². The van der Waals surface area contributed by atoms with Gasteiger partial charge < -0.3 is 4.90 Å². The summed E-state index contributed by atoms with van der Waals surface area (Å²) in [5, 5.41) is 0.654. The van der Waals surface area contributed by atoms with Crippen LogP contribution in [-0.4, -0.2) is 68.8 Å². The molecule has 1 aliphatic rings. The number of carbonyl (C=O) groups excluding carboxylic acids is 1. The zero-order valence-electron chi connectivity index (χ0n) is 21.0. The van der Waals surface area contributed by atoms with E-state index in [9.17, 15) is 13.2 Å². The number of hydrogen-bond acceptors (Lipinski definition) is 6. The lowest BCUT2D eigenvalue weighted by atomic mass is 10.1. The number of hydrogen-bond donors (Lipinski definition) is 0. The maximum Gasteiger partial charge on any atom is 0.260 e. The molecule has 1 fully saturated rings. The Morgan fingerprint density at radius 2 is 1.63 bits per heavy atom. The van der Waals surface area contributed by atoms with E-state index >= 15 is 0 Å². The van der Waals surface area contributed by atoms with Crippen LogP contribution in [0.15, 0.2) is 41.3 Å². The topological polar surface area (TPSA) is 73.8 Å². The van der Waals surface area contributed by atoms with E-state index in [0.717, 1.165) is 41.5 Å². The summed E-state index contributed by atoms with van der Waals surface area (Å²) in [4.78, 5) is 22.4. The van der Waals surface area contributed by atoms with E-state index in [2.05, 4.69) is 26.0 Å². The van der Waals surface area contributed by atoms with Crippen molar-refractivity contribution < 1.29 is 13.2 Å². The summed E-state index contributed by atoms with van der Waals surface area (Å²) in [5.41, 5.74) is 3.66. The predicted octanol–water partition coefficient (Wildman–Crippen LogP) is 4.69. The van der Waals surface area contributed by atoms with Crippen molar-refractivity contribution in [2.75, 3.05) is 45.2 Å². The minimum Gasteiger partial charge on any atom is -0.308 e. The van der Waals surface area contributed by atoms with Crippen molar-refractivity contribution >= 4 is 42.6 Å². The molecular formula is C26H34N4O3S2. The molecule has 1 aliphatic heterocycles. The molecule has 0 radical (unpaired) electrons. The normalized spacial score (nSPS) is 15.5. The lowest BCUT2D eigenvalue weighted by molar-refractivity contribution is 0.0985. The van der Waals surface area contributed by atoms with Gasteiger partial charge >= 0.3 is 0 Å². The zero-order valence-corrected chi connectivity index (χ0v) is 22.6. The molecule has 0 bridgehead atoms. The summed E-state index contributed by atoms with van der Waals surface area (Å²) in [6.07, 6.45) is 3.90. The molecule has 0 saturated carbocycles. The summed E-state index contributed by atoms with van der Waals surface area (Å²) in [7, 11) is 0.382. The Hall–Kier alpha value is -2.33. The van der Waals surface area contributed by atoms with E-state index in [0.29, 0.717) is 36.9 Å². The lowest BCUT2D eigenvalue weighted by Gasteiger charge is -2.22. The highest BCUT2D eigenvalue weighted by molar-refractivity contribution is 7.89. The number of thiazole rings is 1. The van der Waals surface area contributed by atoms with Crippen LogP contribution in [0.1, 0.15) is 47.2 Å². The monoisotopic (exact) mass is 514 g/mol. The second kappa shape index (κ2) is 10.7. The molecular weight excluding hydrogens is 480 g/mol. The van der Waals surface area contributed by atoms with Crippen LogP contribution in [0.25, 0.3) is 10.2 Å². The minimum atomic E-state index is -3.56. The van der Waals surface area contributed by atoms with Crippen LogP contribution in [0.4, 0.5) is 5.13 Å². The van der Waals surface area contributed by atoms with Gasteiger partial charge in [-0.3, -0.25) is 9.69 Å². The Bertz CT molecular complexity index is 1290. The molecule has 0 spiro atoms. The molecule has 4 rings (SSSR count). The van der Waals surface area contributed by atoms with Crippen molar-refractivity contribution in [2.45, 2.75) is 44.4 Å². The molecule has 7 nitrogen and oxygen atoms in total. The number of benzene rings is 2. The molecule has 1 amide bonds. The van der Waals surface area contributed by atoms with Crippen LogP contribution >= 0.6 is 11.3 Å². The fourth-order valence-electron chi connectivity index (χ4n) is 4.27. The van der Waals surface area contributed by atoms with Crippen LogP contribution in [0.5, 0.6) is 0 Å². The van der Waals surface area contributed by atoms with Gasteiger partial charge in [-0.05, 0) is 82.2 Å². The van der Waals surface area contributed by atoms with Gasteiger partial charge in [0, 0.05) is 31.7 Å². The quantitative estimate of drug-likeness (QED) is 0.458. The Balaban J connectivity index is 1.63. The molecule has 0 unspecified atom stereocenters. The second-order valence-corrected chi connectivity index (χ2v) is 12.4. The summed E-state index contributed by atoms with van der Waals surface area (Å²) in [6.45, 7) is 6.38. The zero-order chi connectivity index (χ0) is 25.2. The van der Waals surface area contributed by atoms with Crippen molar-refractivity contribution in [1.82, 2.24) is 14.2 Å². The first-order valence-electron chi connectivity index (χ1n) is 12.1. The highest BCUT2D eigenvalue weighted by atomic mass is 32.2. The molecule has 2 aromatic carbocycles. The SMILES string of the molecule is Cc1ccc2sc(N(CCN(C)C)C(=O)c3ccc(S(=O)(=O)N4CCCCCC4)cc3)nc2c1C. The highest BCUT2D eigenvalue weighted by Crippen LogP contribution is 2.33. The van der Waals surface area contributed by atoms with Gasteiger partial charge in [0.1, 0.15) is 0 Å². The number of fused-ring (bicyclic) bond motifs is 1. The molecule has 9 heteroatoms. The van der Waals surface area contributed by atoms with E-state index in [-0.39, 0.29) is 10.8 Å². The van der Waals surface area contributed by atoms with Crippen LogP contribution in [0, 0.1) is 13.8 Å². The molecule has 0 N–H and O–H groups in total. The standard InChI is InChI=1S/C26H34N4O3S2/c1-19-9-14-23-24(20(19)2)27-26(34-23)30(18-17-28(3)4)25(31)21-10-12-22(13-11-21)35(32,33)29-15-7-5-6-8-16-29/h9-14H,5-8,15-18H2,1-4H3. The van der Waals surface area contributed by atoms with E-state index in [4.69, 9.17) is 4.98 Å². The molecule has 3 aromatic rings. The molecule has 0 aliphatic carbocycles. The average molecular weight is 515 g/mol. The van der Waals surface area contributed by atoms with Gasteiger partial charge in [-0.15, -0.1) is 0 Å². The van der Waals surface area contributed by atoms with E-state index in [1.54, 1.807) is 33.5 Å².